The number of anilines is 2. The maximum absolute atomic E-state index is 11.6. The lowest BCUT2D eigenvalue weighted by Crippen LogP contribution is -2.46. The van der Waals surface area contributed by atoms with Gasteiger partial charge in [-0.3, -0.25) is 4.79 Å². The standard InChI is InChI=1S/C14H17Cl4N3O/c1-2-20-5-7-21(8-6-20)12-4-3-10(9-11(12)15)19-13(22)14(16,17)18/h3-4,9H,2,5-8H2,1H3,(H,19,22). The number of amides is 1. The highest BCUT2D eigenvalue weighted by Crippen LogP contribution is 2.32. The van der Waals surface area contributed by atoms with E-state index >= 15 is 0 Å². The molecule has 22 heavy (non-hydrogen) atoms. The predicted molar refractivity (Wildman–Crippen MR) is 94.7 cm³/mol. The van der Waals surface area contributed by atoms with E-state index in [-0.39, 0.29) is 0 Å². The smallest absolute Gasteiger partial charge is 0.276 e. The van der Waals surface area contributed by atoms with Gasteiger partial charge in [0.2, 0.25) is 0 Å². The Morgan fingerprint density at radius 2 is 1.86 bits per heavy atom. The van der Waals surface area contributed by atoms with Crippen LogP contribution in [0, 0.1) is 0 Å². The van der Waals surface area contributed by atoms with Crippen LogP contribution in [0.25, 0.3) is 0 Å². The van der Waals surface area contributed by atoms with Gasteiger partial charge in [-0.2, -0.15) is 0 Å². The van der Waals surface area contributed by atoms with Gasteiger partial charge in [-0.1, -0.05) is 53.3 Å². The van der Waals surface area contributed by atoms with Gasteiger partial charge >= 0.3 is 0 Å². The molecule has 1 fully saturated rings. The first-order chi connectivity index (χ1) is 10.3. The van der Waals surface area contributed by atoms with Crippen molar-refractivity contribution >= 4 is 63.7 Å². The number of alkyl halides is 3. The van der Waals surface area contributed by atoms with Crippen molar-refractivity contribution in [1.29, 1.82) is 0 Å². The Kier molecular flexibility index (Phi) is 6.08. The Labute approximate surface area is 150 Å². The number of nitrogens with one attached hydrogen (secondary N) is 1. The third-order valence-electron chi connectivity index (χ3n) is 3.62. The van der Waals surface area contributed by atoms with Crippen LogP contribution < -0.4 is 10.2 Å². The van der Waals surface area contributed by atoms with E-state index in [0.717, 1.165) is 38.4 Å². The molecule has 1 aliphatic rings. The summed E-state index contributed by atoms with van der Waals surface area (Å²) in [4.78, 5) is 16.3. The second-order valence-corrected chi connectivity index (χ2v) is 7.73. The first kappa shape index (κ1) is 18.0. The van der Waals surface area contributed by atoms with Gasteiger partial charge in [0.1, 0.15) is 0 Å². The second kappa shape index (κ2) is 7.45. The number of piperazine rings is 1. The van der Waals surface area contributed by atoms with Gasteiger partial charge in [0.15, 0.2) is 0 Å². The molecule has 1 saturated heterocycles. The molecule has 1 aromatic rings. The van der Waals surface area contributed by atoms with Crippen LogP contribution in [0.5, 0.6) is 0 Å². The molecule has 8 heteroatoms. The number of carbonyl (C=O) groups excluding carboxylic acids is 1. The van der Waals surface area contributed by atoms with Gasteiger partial charge in [0.05, 0.1) is 10.7 Å². The fourth-order valence-corrected chi connectivity index (χ4v) is 2.79. The number of halogens is 4. The minimum absolute atomic E-state index is 0.497. The number of nitrogens with zero attached hydrogens (tertiary/aromatic N) is 2. The van der Waals surface area contributed by atoms with Crippen molar-refractivity contribution in [3.8, 4) is 0 Å². The summed E-state index contributed by atoms with van der Waals surface area (Å²) in [5, 5.41) is 3.09. The molecule has 1 aliphatic heterocycles. The average Bonchev–Trinajstić information content (AvgIpc) is 2.46. The van der Waals surface area contributed by atoms with Gasteiger partial charge in [-0.25, -0.2) is 0 Å². The van der Waals surface area contributed by atoms with Gasteiger partial charge in [0, 0.05) is 31.9 Å². The van der Waals surface area contributed by atoms with Crippen LogP contribution in [0.3, 0.4) is 0 Å². The first-order valence-electron chi connectivity index (χ1n) is 6.96. The zero-order valence-corrected chi connectivity index (χ0v) is 15.1. The lowest BCUT2D eigenvalue weighted by Gasteiger charge is -2.36. The summed E-state index contributed by atoms with van der Waals surface area (Å²) >= 11 is 22.9. The summed E-state index contributed by atoms with van der Waals surface area (Å²) in [5.41, 5.74) is 1.45. The minimum atomic E-state index is -2.00. The van der Waals surface area contributed by atoms with Crippen molar-refractivity contribution in [1.82, 2.24) is 4.90 Å². The van der Waals surface area contributed by atoms with Gasteiger partial charge in [-0.15, -0.1) is 0 Å². The molecule has 0 bridgehead atoms. The monoisotopic (exact) mass is 383 g/mol. The lowest BCUT2D eigenvalue weighted by atomic mass is 10.2. The molecule has 0 aliphatic carbocycles. The van der Waals surface area contributed by atoms with Crippen LogP contribution in [0.15, 0.2) is 18.2 Å². The SMILES string of the molecule is CCN1CCN(c2ccc(NC(=O)C(Cl)(Cl)Cl)cc2Cl)CC1. The molecular weight excluding hydrogens is 368 g/mol. The third-order valence-corrected chi connectivity index (χ3v) is 4.44. The average molecular weight is 385 g/mol. The Morgan fingerprint density at radius 3 is 2.36 bits per heavy atom. The molecule has 0 atom stereocenters. The summed E-state index contributed by atoms with van der Waals surface area (Å²) in [6, 6.07) is 5.29. The normalized spacial score (nSPS) is 16.7. The third kappa shape index (κ3) is 4.56. The van der Waals surface area contributed by atoms with Crippen LogP contribution in [0.4, 0.5) is 11.4 Å². The minimum Gasteiger partial charge on any atom is -0.368 e. The maximum Gasteiger partial charge on any atom is 0.276 e. The fraction of sp³-hybridized carbons (Fsp3) is 0.500. The van der Waals surface area contributed by atoms with E-state index in [2.05, 4.69) is 22.0 Å². The molecule has 4 nitrogen and oxygen atoms in total. The largest absolute Gasteiger partial charge is 0.368 e. The van der Waals surface area contributed by atoms with Crippen molar-refractivity contribution in [3.63, 3.8) is 0 Å². The van der Waals surface area contributed by atoms with Gasteiger partial charge < -0.3 is 15.1 Å². The predicted octanol–water partition coefficient (Wildman–Crippen LogP) is 3.79. The van der Waals surface area contributed by atoms with Crippen molar-refractivity contribution in [2.24, 2.45) is 0 Å². The van der Waals surface area contributed by atoms with Crippen LogP contribution in [-0.4, -0.2) is 47.3 Å². The molecule has 0 unspecified atom stereocenters. The van der Waals surface area contributed by atoms with Crippen LogP contribution in [0.2, 0.25) is 5.02 Å². The molecule has 1 aromatic carbocycles. The number of carbonyl (C=O) groups is 1. The topological polar surface area (TPSA) is 35.6 Å². The number of hydrogen-bond acceptors (Lipinski definition) is 3. The van der Waals surface area contributed by atoms with E-state index in [1.807, 2.05) is 6.07 Å². The summed E-state index contributed by atoms with van der Waals surface area (Å²) in [6.07, 6.45) is 0. The van der Waals surface area contributed by atoms with E-state index in [1.165, 1.54) is 0 Å². The number of rotatable bonds is 3. The van der Waals surface area contributed by atoms with Crippen molar-refractivity contribution in [2.45, 2.75) is 10.7 Å². The summed E-state index contributed by atoms with van der Waals surface area (Å²) in [5.74, 6) is -0.710. The zero-order valence-electron chi connectivity index (χ0n) is 12.1. The highest BCUT2D eigenvalue weighted by Gasteiger charge is 2.30. The highest BCUT2D eigenvalue weighted by molar-refractivity contribution is 6.76. The van der Waals surface area contributed by atoms with Gasteiger partial charge in [-0.05, 0) is 24.7 Å². The van der Waals surface area contributed by atoms with E-state index in [4.69, 9.17) is 46.4 Å². The Hall–Kier alpha value is -0.390. The highest BCUT2D eigenvalue weighted by atomic mass is 35.6. The first-order valence-corrected chi connectivity index (χ1v) is 8.47. The summed E-state index contributed by atoms with van der Waals surface area (Å²) < 4.78 is -2.00. The van der Waals surface area contributed by atoms with E-state index in [9.17, 15) is 4.79 Å². The van der Waals surface area contributed by atoms with Crippen molar-refractivity contribution in [2.75, 3.05) is 42.9 Å². The van der Waals surface area contributed by atoms with E-state index < -0.39 is 9.70 Å². The molecule has 1 N–H and O–H groups in total. The van der Waals surface area contributed by atoms with E-state index in [1.54, 1.807) is 12.1 Å². The summed E-state index contributed by atoms with van der Waals surface area (Å²) in [7, 11) is 0. The quantitative estimate of drug-likeness (QED) is 0.805. The number of hydrogen-bond donors (Lipinski definition) is 1. The fourth-order valence-electron chi connectivity index (χ4n) is 2.35. The van der Waals surface area contributed by atoms with Crippen LogP contribution in [0.1, 0.15) is 6.92 Å². The van der Waals surface area contributed by atoms with Crippen molar-refractivity contribution in [3.05, 3.63) is 23.2 Å². The number of likely N-dealkylation sites (N-methyl/N-ethyl adjacent to an activating group) is 1. The lowest BCUT2D eigenvalue weighted by molar-refractivity contribution is -0.115. The Balaban J connectivity index is 2.06. The number of benzene rings is 1. The molecule has 0 aromatic heterocycles. The zero-order chi connectivity index (χ0) is 16.3. The second-order valence-electron chi connectivity index (χ2n) is 5.04. The van der Waals surface area contributed by atoms with Crippen LogP contribution >= 0.6 is 46.4 Å². The van der Waals surface area contributed by atoms with Crippen LogP contribution in [-0.2, 0) is 4.79 Å². The Morgan fingerprint density at radius 1 is 1.23 bits per heavy atom. The maximum atomic E-state index is 11.6. The Bertz CT molecular complexity index is 539. The molecule has 1 amide bonds. The van der Waals surface area contributed by atoms with E-state index in [0.29, 0.717) is 10.7 Å². The molecule has 1 heterocycles. The summed E-state index contributed by atoms with van der Waals surface area (Å²) in [6.45, 7) is 7.09. The molecule has 122 valence electrons. The molecule has 0 spiro atoms. The van der Waals surface area contributed by atoms with Gasteiger partial charge in [0.25, 0.3) is 9.70 Å². The van der Waals surface area contributed by atoms with Crippen molar-refractivity contribution < 1.29 is 4.79 Å². The molecular formula is C14H17Cl4N3O. The molecule has 0 saturated carbocycles. The molecule has 2 rings (SSSR count). The molecule has 0 radical (unpaired) electrons.